The Hall–Kier alpha value is -0.410. The smallest absolute Gasteiger partial charge is 0.0928 e. The monoisotopic (exact) mass is 254 g/mol. The molecule has 1 heterocycles. The molecule has 1 N–H and O–H groups in total. The molecule has 0 spiro atoms. The summed E-state index contributed by atoms with van der Waals surface area (Å²) in [7, 11) is 0. The Morgan fingerprint density at radius 3 is 2.71 bits per heavy atom. The standard InChI is InChI=1S/C14H26N2S/c1-6-15-11(2)9-12-10-17-13(16-12)7-8-14(3,4)5/h10-11,15H,6-9H2,1-5H3. The normalized spacial score (nSPS) is 13.9. The highest BCUT2D eigenvalue weighted by Gasteiger charge is 2.12. The number of thiazole rings is 1. The van der Waals surface area contributed by atoms with Gasteiger partial charge in [-0.2, -0.15) is 0 Å². The Balaban J connectivity index is 2.42. The molecule has 0 saturated carbocycles. The molecule has 0 saturated heterocycles. The lowest BCUT2D eigenvalue weighted by molar-refractivity contribution is 0.378. The van der Waals surface area contributed by atoms with Crippen molar-refractivity contribution < 1.29 is 0 Å². The molecular formula is C14H26N2S. The SMILES string of the molecule is CCNC(C)Cc1csc(CCC(C)(C)C)n1. The molecule has 0 aliphatic carbocycles. The van der Waals surface area contributed by atoms with Crippen LogP contribution in [0.15, 0.2) is 5.38 Å². The van der Waals surface area contributed by atoms with Crippen LogP contribution in [0.5, 0.6) is 0 Å². The van der Waals surface area contributed by atoms with E-state index in [1.54, 1.807) is 0 Å². The zero-order chi connectivity index (χ0) is 12.9. The summed E-state index contributed by atoms with van der Waals surface area (Å²) in [5.41, 5.74) is 1.65. The summed E-state index contributed by atoms with van der Waals surface area (Å²) < 4.78 is 0. The van der Waals surface area contributed by atoms with Crippen molar-refractivity contribution in [2.75, 3.05) is 6.54 Å². The largest absolute Gasteiger partial charge is 0.314 e. The van der Waals surface area contributed by atoms with Gasteiger partial charge >= 0.3 is 0 Å². The highest BCUT2D eigenvalue weighted by atomic mass is 32.1. The summed E-state index contributed by atoms with van der Waals surface area (Å²) in [5.74, 6) is 0. The van der Waals surface area contributed by atoms with Gasteiger partial charge in [-0.1, -0.05) is 27.7 Å². The van der Waals surface area contributed by atoms with Gasteiger partial charge in [-0.15, -0.1) is 11.3 Å². The Morgan fingerprint density at radius 1 is 1.41 bits per heavy atom. The lowest BCUT2D eigenvalue weighted by Crippen LogP contribution is -2.27. The molecule has 0 amide bonds. The van der Waals surface area contributed by atoms with Crippen LogP contribution < -0.4 is 5.32 Å². The molecule has 0 aliphatic rings. The third kappa shape index (κ3) is 6.18. The molecule has 0 bridgehead atoms. The van der Waals surface area contributed by atoms with Crippen LogP contribution in [0.4, 0.5) is 0 Å². The molecule has 1 rings (SSSR count). The summed E-state index contributed by atoms with van der Waals surface area (Å²) in [6, 6.07) is 0.526. The van der Waals surface area contributed by atoms with Crippen LogP contribution in [-0.4, -0.2) is 17.6 Å². The van der Waals surface area contributed by atoms with E-state index in [0.29, 0.717) is 11.5 Å². The fourth-order valence-electron chi connectivity index (χ4n) is 1.77. The number of aryl methyl sites for hydroxylation is 1. The average molecular weight is 254 g/mol. The molecule has 0 fully saturated rings. The average Bonchev–Trinajstić information content (AvgIpc) is 2.62. The summed E-state index contributed by atoms with van der Waals surface area (Å²) in [6.45, 7) is 12.3. The first-order chi connectivity index (χ1) is 7.90. The second-order valence-corrected chi connectivity index (χ2v) is 6.90. The second-order valence-electron chi connectivity index (χ2n) is 5.96. The van der Waals surface area contributed by atoms with E-state index in [9.17, 15) is 0 Å². The van der Waals surface area contributed by atoms with Crippen LogP contribution >= 0.6 is 11.3 Å². The van der Waals surface area contributed by atoms with Gasteiger partial charge in [0.15, 0.2) is 0 Å². The Bertz CT molecular complexity index is 325. The topological polar surface area (TPSA) is 24.9 Å². The van der Waals surface area contributed by atoms with Crippen LogP contribution in [-0.2, 0) is 12.8 Å². The first kappa shape index (κ1) is 14.7. The number of nitrogens with zero attached hydrogens (tertiary/aromatic N) is 1. The highest BCUT2D eigenvalue weighted by Crippen LogP contribution is 2.23. The van der Waals surface area contributed by atoms with E-state index in [-0.39, 0.29) is 0 Å². The lowest BCUT2D eigenvalue weighted by atomic mass is 9.91. The van der Waals surface area contributed by atoms with Gasteiger partial charge in [0, 0.05) is 17.8 Å². The van der Waals surface area contributed by atoms with E-state index >= 15 is 0 Å². The van der Waals surface area contributed by atoms with Crippen molar-refractivity contribution in [1.29, 1.82) is 0 Å². The molecule has 0 aromatic carbocycles. The fourth-order valence-corrected chi connectivity index (χ4v) is 2.58. The minimum absolute atomic E-state index is 0.406. The van der Waals surface area contributed by atoms with Crippen LogP contribution in [0.2, 0.25) is 0 Å². The molecule has 98 valence electrons. The van der Waals surface area contributed by atoms with Gasteiger partial charge in [0.1, 0.15) is 0 Å². The van der Waals surface area contributed by atoms with E-state index in [4.69, 9.17) is 4.98 Å². The number of nitrogens with one attached hydrogen (secondary N) is 1. The summed E-state index contributed by atoms with van der Waals surface area (Å²) in [6.07, 6.45) is 3.37. The van der Waals surface area contributed by atoms with Crippen molar-refractivity contribution in [3.63, 3.8) is 0 Å². The zero-order valence-electron chi connectivity index (χ0n) is 11.8. The Kier molecular flexibility index (Phi) is 5.60. The second kappa shape index (κ2) is 6.50. The van der Waals surface area contributed by atoms with Gasteiger partial charge in [0.2, 0.25) is 0 Å². The van der Waals surface area contributed by atoms with E-state index in [0.717, 1.165) is 19.4 Å². The minimum Gasteiger partial charge on any atom is -0.314 e. The van der Waals surface area contributed by atoms with Gasteiger partial charge in [0.05, 0.1) is 10.7 Å². The molecule has 0 aliphatic heterocycles. The van der Waals surface area contributed by atoms with Crippen LogP contribution in [0.3, 0.4) is 0 Å². The Labute approximate surface area is 110 Å². The maximum absolute atomic E-state index is 4.71. The van der Waals surface area contributed by atoms with Crippen molar-refractivity contribution in [3.05, 3.63) is 16.1 Å². The number of hydrogen-bond acceptors (Lipinski definition) is 3. The molecule has 3 heteroatoms. The first-order valence-electron chi connectivity index (χ1n) is 6.57. The predicted molar refractivity (Wildman–Crippen MR) is 76.7 cm³/mol. The van der Waals surface area contributed by atoms with E-state index in [1.807, 2.05) is 11.3 Å². The van der Waals surface area contributed by atoms with Gasteiger partial charge in [-0.3, -0.25) is 0 Å². The van der Waals surface area contributed by atoms with Crippen LogP contribution in [0.25, 0.3) is 0 Å². The number of hydrogen-bond donors (Lipinski definition) is 1. The van der Waals surface area contributed by atoms with E-state index in [1.165, 1.54) is 17.1 Å². The maximum Gasteiger partial charge on any atom is 0.0928 e. The molecule has 17 heavy (non-hydrogen) atoms. The third-order valence-corrected chi connectivity index (χ3v) is 3.71. The van der Waals surface area contributed by atoms with Crippen molar-refractivity contribution in [1.82, 2.24) is 10.3 Å². The summed E-state index contributed by atoms with van der Waals surface area (Å²) >= 11 is 1.81. The molecule has 1 aromatic rings. The number of aromatic nitrogens is 1. The van der Waals surface area contributed by atoms with Gasteiger partial charge in [0.25, 0.3) is 0 Å². The quantitative estimate of drug-likeness (QED) is 0.838. The molecule has 0 radical (unpaired) electrons. The molecule has 1 atom stereocenters. The van der Waals surface area contributed by atoms with Crippen LogP contribution in [0, 0.1) is 5.41 Å². The van der Waals surface area contributed by atoms with Crippen LogP contribution in [0.1, 0.15) is 51.7 Å². The molecule has 2 nitrogen and oxygen atoms in total. The number of rotatable bonds is 6. The van der Waals surface area contributed by atoms with Gasteiger partial charge in [-0.25, -0.2) is 4.98 Å². The van der Waals surface area contributed by atoms with E-state index < -0.39 is 0 Å². The summed E-state index contributed by atoms with van der Waals surface area (Å²) in [4.78, 5) is 4.71. The minimum atomic E-state index is 0.406. The van der Waals surface area contributed by atoms with Gasteiger partial charge < -0.3 is 5.32 Å². The highest BCUT2D eigenvalue weighted by molar-refractivity contribution is 7.09. The third-order valence-electron chi connectivity index (χ3n) is 2.76. The maximum atomic E-state index is 4.71. The van der Waals surface area contributed by atoms with Crippen molar-refractivity contribution >= 4 is 11.3 Å². The van der Waals surface area contributed by atoms with Crippen molar-refractivity contribution in [2.45, 2.75) is 59.9 Å². The molecular weight excluding hydrogens is 228 g/mol. The van der Waals surface area contributed by atoms with Crippen molar-refractivity contribution in [3.8, 4) is 0 Å². The van der Waals surface area contributed by atoms with Gasteiger partial charge in [-0.05, 0) is 31.7 Å². The lowest BCUT2D eigenvalue weighted by Gasteiger charge is -2.16. The number of likely N-dealkylation sites (N-methyl/N-ethyl adjacent to an activating group) is 1. The predicted octanol–water partition coefficient (Wildman–Crippen LogP) is 3.66. The van der Waals surface area contributed by atoms with E-state index in [2.05, 4.69) is 45.3 Å². The Morgan fingerprint density at radius 2 is 2.12 bits per heavy atom. The molecule has 1 unspecified atom stereocenters. The fraction of sp³-hybridized carbons (Fsp3) is 0.786. The molecule has 1 aromatic heterocycles. The van der Waals surface area contributed by atoms with Crippen molar-refractivity contribution in [2.24, 2.45) is 5.41 Å². The zero-order valence-corrected chi connectivity index (χ0v) is 12.7. The first-order valence-corrected chi connectivity index (χ1v) is 7.45. The summed E-state index contributed by atoms with van der Waals surface area (Å²) in [5, 5.41) is 6.93.